The highest BCUT2D eigenvalue weighted by Gasteiger charge is 2.32. The molecule has 0 radical (unpaired) electrons. The van der Waals surface area contributed by atoms with Gasteiger partial charge in [0, 0.05) is 37.0 Å². The SMILES string of the molecule is O=C(/C=C/c1cccs1)N1CC(n2cc(CN3CCCC3=O)nn2)C1. The van der Waals surface area contributed by atoms with Gasteiger partial charge in [-0.2, -0.15) is 0 Å². The first-order chi connectivity index (χ1) is 12.2. The third-order valence-electron chi connectivity index (χ3n) is 4.56. The Morgan fingerprint density at radius 3 is 3.00 bits per heavy atom. The first-order valence-corrected chi connectivity index (χ1v) is 9.26. The maximum Gasteiger partial charge on any atom is 0.246 e. The molecular weight excluding hydrogens is 338 g/mol. The van der Waals surface area contributed by atoms with Crippen molar-refractivity contribution in [2.24, 2.45) is 0 Å². The van der Waals surface area contributed by atoms with Crippen LogP contribution in [0.2, 0.25) is 0 Å². The fraction of sp³-hybridized carbons (Fsp3) is 0.412. The van der Waals surface area contributed by atoms with Gasteiger partial charge in [0.05, 0.1) is 18.8 Å². The summed E-state index contributed by atoms with van der Waals surface area (Å²) in [4.78, 5) is 28.5. The van der Waals surface area contributed by atoms with E-state index in [4.69, 9.17) is 0 Å². The largest absolute Gasteiger partial charge is 0.337 e. The van der Waals surface area contributed by atoms with E-state index in [1.165, 1.54) is 0 Å². The maximum atomic E-state index is 12.1. The summed E-state index contributed by atoms with van der Waals surface area (Å²) in [7, 11) is 0. The van der Waals surface area contributed by atoms with Crippen molar-refractivity contribution in [3.05, 3.63) is 40.4 Å². The average Bonchev–Trinajstić information content (AvgIpc) is 3.28. The molecule has 8 heteroatoms. The molecule has 0 N–H and O–H groups in total. The molecule has 2 amide bonds. The molecular formula is C17H19N5O2S. The second-order valence-corrected chi connectivity index (χ2v) is 7.33. The van der Waals surface area contributed by atoms with Crippen molar-refractivity contribution in [2.45, 2.75) is 25.4 Å². The molecule has 25 heavy (non-hydrogen) atoms. The van der Waals surface area contributed by atoms with Crippen LogP contribution in [-0.2, 0) is 16.1 Å². The highest BCUT2D eigenvalue weighted by molar-refractivity contribution is 7.10. The van der Waals surface area contributed by atoms with Gasteiger partial charge in [0.2, 0.25) is 11.8 Å². The van der Waals surface area contributed by atoms with Crippen LogP contribution in [0.5, 0.6) is 0 Å². The molecule has 2 aliphatic heterocycles. The van der Waals surface area contributed by atoms with E-state index in [1.807, 2.05) is 39.4 Å². The zero-order valence-corrected chi connectivity index (χ0v) is 14.6. The standard InChI is InChI=1S/C17H19N5O2S/c23-16-4-1-7-20(16)9-13-10-22(19-18-13)14-11-21(12-14)17(24)6-5-15-3-2-8-25-15/h2-3,5-6,8,10,14H,1,4,7,9,11-12H2/b6-5+. The van der Waals surface area contributed by atoms with Crippen LogP contribution in [0.3, 0.4) is 0 Å². The number of carbonyl (C=O) groups excluding carboxylic acids is 2. The minimum Gasteiger partial charge on any atom is -0.337 e. The first-order valence-electron chi connectivity index (χ1n) is 8.38. The predicted octanol–water partition coefficient (Wildman–Crippen LogP) is 1.56. The van der Waals surface area contributed by atoms with Gasteiger partial charge in [0.15, 0.2) is 0 Å². The zero-order valence-electron chi connectivity index (χ0n) is 13.7. The molecule has 2 saturated heterocycles. The van der Waals surface area contributed by atoms with Gasteiger partial charge in [-0.05, 0) is 23.9 Å². The summed E-state index contributed by atoms with van der Waals surface area (Å²) >= 11 is 1.61. The lowest BCUT2D eigenvalue weighted by Crippen LogP contribution is -2.50. The number of amides is 2. The molecule has 2 aliphatic rings. The van der Waals surface area contributed by atoms with Crippen molar-refractivity contribution in [3.8, 4) is 0 Å². The van der Waals surface area contributed by atoms with E-state index in [2.05, 4.69) is 10.3 Å². The lowest BCUT2D eigenvalue weighted by molar-refractivity contribution is -0.131. The molecule has 2 aromatic rings. The van der Waals surface area contributed by atoms with Crippen molar-refractivity contribution >= 4 is 29.2 Å². The Kier molecular flexibility index (Phi) is 4.35. The number of hydrogen-bond donors (Lipinski definition) is 0. The van der Waals surface area contributed by atoms with Crippen LogP contribution >= 0.6 is 11.3 Å². The second kappa shape index (κ2) is 6.79. The highest BCUT2D eigenvalue weighted by Crippen LogP contribution is 2.22. The molecule has 7 nitrogen and oxygen atoms in total. The van der Waals surface area contributed by atoms with Gasteiger partial charge in [-0.15, -0.1) is 16.4 Å². The topological polar surface area (TPSA) is 71.3 Å². The van der Waals surface area contributed by atoms with E-state index in [0.717, 1.165) is 23.5 Å². The van der Waals surface area contributed by atoms with Crippen molar-refractivity contribution in [2.75, 3.05) is 19.6 Å². The van der Waals surface area contributed by atoms with Crippen molar-refractivity contribution < 1.29 is 9.59 Å². The van der Waals surface area contributed by atoms with Gasteiger partial charge in [0.1, 0.15) is 5.69 Å². The minimum absolute atomic E-state index is 0.0210. The average molecular weight is 357 g/mol. The Labute approximate surface area is 149 Å². The number of rotatable bonds is 5. The first kappa shape index (κ1) is 16.0. The van der Waals surface area contributed by atoms with Crippen molar-refractivity contribution in [1.82, 2.24) is 24.8 Å². The smallest absolute Gasteiger partial charge is 0.246 e. The number of carbonyl (C=O) groups is 2. The Morgan fingerprint density at radius 2 is 2.28 bits per heavy atom. The summed E-state index contributed by atoms with van der Waals surface area (Å²) in [5.41, 5.74) is 0.803. The summed E-state index contributed by atoms with van der Waals surface area (Å²) in [6, 6.07) is 4.11. The molecule has 0 aliphatic carbocycles. The van der Waals surface area contributed by atoms with E-state index >= 15 is 0 Å². The second-order valence-electron chi connectivity index (χ2n) is 6.35. The van der Waals surface area contributed by atoms with Gasteiger partial charge in [-0.3, -0.25) is 9.59 Å². The van der Waals surface area contributed by atoms with Crippen LogP contribution in [0.25, 0.3) is 6.08 Å². The van der Waals surface area contributed by atoms with E-state index in [9.17, 15) is 9.59 Å². The summed E-state index contributed by atoms with van der Waals surface area (Å²) < 4.78 is 1.81. The molecule has 0 saturated carbocycles. The van der Waals surface area contributed by atoms with Gasteiger partial charge < -0.3 is 9.80 Å². The van der Waals surface area contributed by atoms with Gasteiger partial charge in [-0.25, -0.2) is 4.68 Å². The fourth-order valence-electron chi connectivity index (χ4n) is 3.08. The fourth-order valence-corrected chi connectivity index (χ4v) is 3.70. The zero-order chi connectivity index (χ0) is 17.2. The molecule has 0 bridgehead atoms. The normalized spacial score (nSPS) is 18.3. The summed E-state index contributed by atoms with van der Waals surface area (Å²) in [6.45, 7) is 2.60. The highest BCUT2D eigenvalue weighted by atomic mass is 32.1. The quantitative estimate of drug-likeness (QED) is 0.762. The number of hydrogen-bond acceptors (Lipinski definition) is 5. The Bertz CT molecular complexity index is 792. The third kappa shape index (κ3) is 3.48. The molecule has 0 spiro atoms. The molecule has 2 aromatic heterocycles. The summed E-state index contributed by atoms with van der Waals surface area (Å²) in [6.07, 6.45) is 6.91. The van der Waals surface area contributed by atoms with Gasteiger partial charge in [0.25, 0.3) is 0 Å². The lowest BCUT2D eigenvalue weighted by Gasteiger charge is -2.38. The molecule has 130 valence electrons. The lowest BCUT2D eigenvalue weighted by atomic mass is 10.1. The van der Waals surface area contributed by atoms with E-state index in [0.29, 0.717) is 26.1 Å². The van der Waals surface area contributed by atoms with Crippen LogP contribution in [0, 0.1) is 0 Å². The molecule has 4 rings (SSSR count). The van der Waals surface area contributed by atoms with Crippen LogP contribution in [-0.4, -0.2) is 56.2 Å². The number of thiophene rings is 1. The van der Waals surface area contributed by atoms with Crippen molar-refractivity contribution in [3.63, 3.8) is 0 Å². The van der Waals surface area contributed by atoms with E-state index in [-0.39, 0.29) is 17.9 Å². The summed E-state index contributed by atoms with van der Waals surface area (Å²) in [5, 5.41) is 10.3. The van der Waals surface area contributed by atoms with Gasteiger partial charge in [-0.1, -0.05) is 11.3 Å². The Balaban J connectivity index is 1.29. The van der Waals surface area contributed by atoms with Crippen LogP contribution in [0.15, 0.2) is 29.8 Å². The van der Waals surface area contributed by atoms with Crippen LogP contribution < -0.4 is 0 Å². The van der Waals surface area contributed by atoms with E-state index < -0.39 is 0 Å². The number of aromatic nitrogens is 3. The monoisotopic (exact) mass is 357 g/mol. The Morgan fingerprint density at radius 1 is 1.40 bits per heavy atom. The van der Waals surface area contributed by atoms with E-state index in [1.54, 1.807) is 22.3 Å². The summed E-state index contributed by atoms with van der Waals surface area (Å²) in [5.74, 6) is 0.208. The maximum absolute atomic E-state index is 12.1. The molecule has 2 fully saturated rings. The van der Waals surface area contributed by atoms with Crippen molar-refractivity contribution in [1.29, 1.82) is 0 Å². The molecule has 4 heterocycles. The predicted molar refractivity (Wildman–Crippen MR) is 93.6 cm³/mol. The molecule has 0 atom stereocenters. The van der Waals surface area contributed by atoms with Crippen LogP contribution in [0.4, 0.5) is 0 Å². The minimum atomic E-state index is 0.0210. The molecule has 0 unspecified atom stereocenters. The number of likely N-dealkylation sites (tertiary alicyclic amines) is 2. The van der Waals surface area contributed by atoms with Crippen LogP contribution in [0.1, 0.15) is 29.5 Å². The third-order valence-corrected chi connectivity index (χ3v) is 5.40. The molecule has 0 aromatic carbocycles. The van der Waals surface area contributed by atoms with Gasteiger partial charge >= 0.3 is 0 Å². The Hall–Kier alpha value is -2.48. The number of nitrogens with zero attached hydrogens (tertiary/aromatic N) is 5.